The van der Waals surface area contributed by atoms with E-state index in [4.69, 9.17) is 4.74 Å². The number of fused-ring (bicyclic) bond motifs is 2. The van der Waals surface area contributed by atoms with Crippen molar-refractivity contribution in [2.24, 2.45) is 10.2 Å². The number of H-pyrrole nitrogens is 1. The Labute approximate surface area is 197 Å². The fourth-order valence-electron chi connectivity index (χ4n) is 4.11. The minimum atomic E-state index is 0.122. The van der Waals surface area contributed by atoms with Crippen LogP contribution < -0.4 is 15.2 Å². The van der Waals surface area contributed by atoms with E-state index in [0.29, 0.717) is 5.56 Å². The van der Waals surface area contributed by atoms with Crippen molar-refractivity contribution in [3.05, 3.63) is 93.9 Å². The van der Waals surface area contributed by atoms with E-state index in [2.05, 4.69) is 64.5 Å². The van der Waals surface area contributed by atoms with Crippen LogP contribution in [0.3, 0.4) is 0 Å². The maximum atomic E-state index is 10.4. The molecule has 0 unspecified atom stereocenters. The first-order valence-corrected chi connectivity index (χ1v) is 11.1. The zero-order valence-electron chi connectivity index (χ0n) is 19.4. The van der Waals surface area contributed by atoms with E-state index in [1.165, 1.54) is 5.56 Å². The Bertz CT molecular complexity index is 1540. The topological polar surface area (TPSA) is 73.2 Å². The van der Waals surface area contributed by atoms with Crippen LogP contribution in [0.4, 0.5) is 5.69 Å². The molecule has 0 spiro atoms. The van der Waals surface area contributed by atoms with E-state index < -0.39 is 0 Å². The largest absolute Gasteiger partial charge is 0.497 e. The molecule has 1 aliphatic heterocycles. The molecule has 4 aromatic rings. The van der Waals surface area contributed by atoms with Gasteiger partial charge in [0.2, 0.25) is 0 Å². The first-order chi connectivity index (χ1) is 16.5. The number of benzene rings is 3. The molecular formula is C28H26N4O2. The Hall–Kier alpha value is -4.16. The molecule has 0 aliphatic carbocycles. The van der Waals surface area contributed by atoms with Crippen molar-refractivity contribution in [2.45, 2.75) is 6.54 Å². The number of azo groups is 1. The molecule has 2 N–H and O–H groups in total. The Kier molecular flexibility index (Phi) is 5.74. The summed E-state index contributed by atoms with van der Waals surface area (Å²) in [6, 6.07) is 20.2. The lowest BCUT2D eigenvalue weighted by Gasteiger charge is -2.09. The van der Waals surface area contributed by atoms with Crippen molar-refractivity contribution in [1.82, 2.24) is 9.88 Å². The minimum absolute atomic E-state index is 0.122. The van der Waals surface area contributed by atoms with E-state index in [1.807, 2.05) is 48.6 Å². The van der Waals surface area contributed by atoms with Crippen molar-refractivity contribution >= 4 is 34.4 Å². The van der Waals surface area contributed by atoms with Crippen LogP contribution in [0.2, 0.25) is 0 Å². The SMILES string of the molecule is COc1ccc2[nH]c(O)c(C=c3ccc4c(c3)N=NC=4/C=C/c3ccc(CN(C)C)cc3)c2c1. The van der Waals surface area contributed by atoms with Gasteiger partial charge in [0, 0.05) is 28.2 Å². The predicted molar refractivity (Wildman–Crippen MR) is 137 cm³/mol. The van der Waals surface area contributed by atoms with Gasteiger partial charge < -0.3 is 19.7 Å². The number of methoxy groups -OCH3 is 1. The minimum Gasteiger partial charge on any atom is -0.497 e. The highest BCUT2D eigenvalue weighted by atomic mass is 16.5. The maximum Gasteiger partial charge on any atom is 0.196 e. The summed E-state index contributed by atoms with van der Waals surface area (Å²) < 4.78 is 5.34. The lowest BCUT2D eigenvalue weighted by Crippen LogP contribution is -2.10. The van der Waals surface area contributed by atoms with Gasteiger partial charge in [0.25, 0.3) is 0 Å². The summed E-state index contributed by atoms with van der Waals surface area (Å²) in [7, 11) is 5.76. The summed E-state index contributed by atoms with van der Waals surface area (Å²) in [5.41, 5.74) is 5.61. The first kappa shape index (κ1) is 21.7. The van der Waals surface area contributed by atoms with Crippen LogP contribution >= 0.6 is 0 Å². The molecule has 2 heterocycles. The van der Waals surface area contributed by atoms with E-state index >= 15 is 0 Å². The zero-order chi connectivity index (χ0) is 23.7. The molecule has 170 valence electrons. The number of rotatable bonds is 6. The van der Waals surface area contributed by atoms with Gasteiger partial charge in [0.1, 0.15) is 5.75 Å². The summed E-state index contributed by atoms with van der Waals surface area (Å²) in [4.78, 5) is 5.17. The van der Waals surface area contributed by atoms with E-state index in [-0.39, 0.29) is 5.88 Å². The lowest BCUT2D eigenvalue weighted by atomic mass is 10.1. The summed E-state index contributed by atoms with van der Waals surface area (Å²) in [6.45, 7) is 0.923. The Morgan fingerprint density at radius 2 is 1.79 bits per heavy atom. The average Bonchev–Trinajstić information content (AvgIpc) is 3.38. The van der Waals surface area contributed by atoms with Gasteiger partial charge in [-0.2, -0.15) is 0 Å². The van der Waals surface area contributed by atoms with Gasteiger partial charge in [0.15, 0.2) is 5.88 Å². The molecule has 34 heavy (non-hydrogen) atoms. The molecular weight excluding hydrogens is 424 g/mol. The first-order valence-electron chi connectivity index (χ1n) is 11.1. The smallest absolute Gasteiger partial charge is 0.196 e. The highest BCUT2D eigenvalue weighted by Crippen LogP contribution is 2.30. The zero-order valence-corrected chi connectivity index (χ0v) is 19.4. The highest BCUT2D eigenvalue weighted by molar-refractivity contribution is 5.92. The van der Waals surface area contributed by atoms with Crippen LogP contribution in [-0.4, -0.2) is 36.2 Å². The molecule has 0 radical (unpaired) electrons. The molecule has 0 bridgehead atoms. The van der Waals surface area contributed by atoms with Gasteiger partial charge >= 0.3 is 0 Å². The fourth-order valence-corrected chi connectivity index (χ4v) is 4.11. The quantitative estimate of drug-likeness (QED) is 0.448. The Morgan fingerprint density at radius 3 is 2.56 bits per heavy atom. The molecule has 0 saturated heterocycles. The molecule has 0 amide bonds. The predicted octanol–water partition coefficient (Wildman–Crippen LogP) is 4.69. The number of aromatic hydroxyl groups is 1. The number of aromatic nitrogens is 1. The number of nitrogens with zero attached hydrogens (tertiary/aromatic N) is 3. The number of hydrogen-bond donors (Lipinski definition) is 2. The molecule has 0 fully saturated rings. The molecule has 0 atom stereocenters. The second-order valence-corrected chi connectivity index (χ2v) is 8.62. The van der Waals surface area contributed by atoms with Gasteiger partial charge in [-0.15, -0.1) is 10.2 Å². The van der Waals surface area contributed by atoms with Gasteiger partial charge in [0.05, 0.1) is 18.5 Å². The number of ether oxygens (including phenoxy) is 1. The van der Waals surface area contributed by atoms with Crippen molar-refractivity contribution in [1.29, 1.82) is 0 Å². The monoisotopic (exact) mass is 450 g/mol. The molecule has 3 aromatic carbocycles. The molecule has 5 rings (SSSR count). The third kappa shape index (κ3) is 4.36. The normalized spacial score (nSPS) is 13.5. The van der Waals surface area contributed by atoms with Gasteiger partial charge in [-0.25, -0.2) is 0 Å². The third-order valence-corrected chi connectivity index (χ3v) is 5.81. The number of nitrogens with one attached hydrogen (secondary N) is 1. The number of hydrogen-bond acceptors (Lipinski definition) is 5. The Morgan fingerprint density at radius 1 is 0.971 bits per heavy atom. The van der Waals surface area contributed by atoms with Crippen LogP contribution in [0.1, 0.15) is 16.7 Å². The average molecular weight is 451 g/mol. The third-order valence-electron chi connectivity index (χ3n) is 5.81. The molecule has 1 aromatic heterocycles. The van der Waals surface area contributed by atoms with Crippen molar-refractivity contribution in [3.63, 3.8) is 0 Å². The summed E-state index contributed by atoms with van der Waals surface area (Å²) >= 11 is 0. The fraction of sp³-hybridized carbons (Fsp3) is 0.143. The highest BCUT2D eigenvalue weighted by Gasteiger charge is 2.11. The standard InChI is InChI=1S/C28H26N4O2/c1-32(2)17-19-6-4-18(5-7-19)9-12-26-22-11-8-20(15-27(22)31-30-26)14-24-23-16-21(34-3)10-13-25(23)29-28(24)33/h4-16,29,33H,17H2,1-3H3/b12-9+,20-14?. The van der Waals surface area contributed by atoms with Crippen LogP contribution in [0.15, 0.2) is 77.0 Å². The van der Waals surface area contributed by atoms with E-state index in [9.17, 15) is 5.11 Å². The molecule has 6 nitrogen and oxygen atoms in total. The van der Waals surface area contributed by atoms with Crippen molar-refractivity contribution in [2.75, 3.05) is 21.2 Å². The van der Waals surface area contributed by atoms with Crippen molar-refractivity contribution in [3.8, 4) is 11.6 Å². The van der Waals surface area contributed by atoms with Gasteiger partial charge in [-0.3, -0.25) is 0 Å². The summed E-state index contributed by atoms with van der Waals surface area (Å²) in [6.07, 6.45) is 5.99. The lowest BCUT2D eigenvalue weighted by molar-refractivity contribution is 0.402. The van der Waals surface area contributed by atoms with Gasteiger partial charge in [-0.1, -0.05) is 36.4 Å². The van der Waals surface area contributed by atoms with Crippen LogP contribution in [-0.2, 0) is 6.54 Å². The van der Waals surface area contributed by atoms with Crippen LogP contribution in [0.5, 0.6) is 11.6 Å². The van der Waals surface area contributed by atoms with E-state index in [1.54, 1.807) is 7.11 Å². The second-order valence-electron chi connectivity index (χ2n) is 8.62. The summed E-state index contributed by atoms with van der Waals surface area (Å²) in [5, 5.41) is 22.0. The molecule has 1 aliphatic rings. The maximum absolute atomic E-state index is 10.4. The van der Waals surface area contributed by atoms with Crippen LogP contribution in [0.25, 0.3) is 28.8 Å². The summed E-state index contributed by atoms with van der Waals surface area (Å²) in [5.74, 6) is 0.861. The van der Waals surface area contributed by atoms with Gasteiger partial charge in [-0.05, 0) is 72.9 Å². The van der Waals surface area contributed by atoms with E-state index in [0.717, 1.165) is 50.6 Å². The second kappa shape index (κ2) is 9.00. The number of aromatic amines is 1. The Balaban J connectivity index is 1.45. The molecule has 0 saturated carbocycles. The van der Waals surface area contributed by atoms with Crippen LogP contribution in [0, 0.1) is 0 Å². The molecule has 6 heteroatoms. The van der Waals surface area contributed by atoms with Crippen molar-refractivity contribution < 1.29 is 9.84 Å².